The highest BCUT2D eigenvalue weighted by atomic mass is 16.6. The molecule has 0 saturated carbocycles. The normalized spacial score (nSPS) is 22.8. The van der Waals surface area contributed by atoms with Crippen LogP contribution in [0.2, 0.25) is 0 Å². The van der Waals surface area contributed by atoms with Crippen molar-refractivity contribution in [2.75, 3.05) is 37.7 Å². The number of aromatic nitrogens is 2. The molecule has 0 bridgehead atoms. The lowest BCUT2D eigenvalue weighted by molar-refractivity contribution is -0.140. The molecule has 4 heterocycles. The number of nitrogens with zero attached hydrogens (tertiary/aromatic N) is 4. The van der Waals surface area contributed by atoms with E-state index in [4.69, 9.17) is 9.47 Å². The summed E-state index contributed by atoms with van der Waals surface area (Å²) >= 11 is 0. The molecule has 8 heteroatoms. The summed E-state index contributed by atoms with van der Waals surface area (Å²) in [6.07, 6.45) is 6.27. The molecule has 1 aromatic heterocycles. The number of anilines is 1. The van der Waals surface area contributed by atoms with Crippen LogP contribution in [-0.4, -0.2) is 65.3 Å². The quantitative estimate of drug-likeness (QED) is 0.756. The van der Waals surface area contributed by atoms with Gasteiger partial charge in [0.1, 0.15) is 5.60 Å². The van der Waals surface area contributed by atoms with Crippen LogP contribution < -0.4 is 4.90 Å². The van der Waals surface area contributed by atoms with Crippen LogP contribution in [0.25, 0.3) is 0 Å². The van der Waals surface area contributed by atoms with Crippen molar-refractivity contribution in [2.24, 2.45) is 5.41 Å². The van der Waals surface area contributed by atoms with E-state index in [0.29, 0.717) is 38.4 Å². The summed E-state index contributed by atoms with van der Waals surface area (Å²) < 4.78 is 11.1. The van der Waals surface area contributed by atoms with Gasteiger partial charge < -0.3 is 14.4 Å². The molecule has 3 saturated heterocycles. The summed E-state index contributed by atoms with van der Waals surface area (Å²) in [6, 6.07) is 0. The molecule has 0 radical (unpaired) electrons. The second-order valence-electron chi connectivity index (χ2n) is 9.37. The van der Waals surface area contributed by atoms with Gasteiger partial charge in [0.05, 0.1) is 37.8 Å². The van der Waals surface area contributed by atoms with Crippen molar-refractivity contribution in [2.45, 2.75) is 58.0 Å². The first-order chi connectivity index (χ1) is 13.8. The first-order valence-corrected chi connectivity index (χ1v) is 10.5. The Balaban J connectivity index is 1.38. The lowest BCUT2D eigenvalue weighted by atomic mass is 9.90. The van der Waals surface area contributed by atoms with Crippen molar-refractivity contribution in [1.82, 2.24) is 14.9 Å². The minimum Gasteiger partial charge on any atom is -0.440 e. The fourth-order valence-electron chi connectivity index (χ4n) is 4.34. The highest BCUT2D eigenvalue weighted by molar-refractivity contribution is 5.89. The van der Waals surface area contributed by atoms with Gasteiger partial charge in [-0.1, -0.05) is 20.8 Å². The SMILES string of the molecule is CC(C)(C)C(=O)N1CCC(c2cnc(N3CC4(CCOCC4)OC3=O)cn2)CC1. The summed E-state index contributed by atoms with van der Waals surface area (Å²) in [4.78, 5) is 37.5. The van der Waals surface area contributed by atoms with E-state index in [1.165, 1.54) is 0 Å². The molecule has 0 aromatic carbocycles. The van der Waals surface area contributed by atoms with E-state index >= 15 is 0 Å². The van der Waals surface area contributed by atoms with Gasteiger partial charge in [0.2, 0.25) is 5.91 Å². The molecule has 3 aliphatic heterocycles. The Morgan fingerprint density at radius 3 is 2.41 bits per heavy atom. The highest BCUT2D eigenvalue weighted by Crippen LogP contribution is 2.35. The molecule has 0 aliphatic carbocycles. The van der Waals surface area contributed by atoms with Gasteiger partial charge in [0.25, 0.3) is 0 Å². The molecule has 1 spiro atoms. The van der Waals surface area contributed by atoms with E-state index < -0.39 is 5.60 Å². The number of hydrogen-bond acceptors (Lipinski definition) is 6. The van der Waals surface area contributed by atoms with E-state index in [0.717, 1.165) is 31.6 Å². The fraction of sp³-hybridized carbons (Fsp3) is 0.714. The van der Waals surface area contributed by atoms with Gasteiger partial charge in [-0.25, -0.2) is 9.78 Å². The number of hydrogen-bond donors (Lipinski definition) is 0. The van der Waals surface area contributed by atoms with Crippen molar-refractivity contribution in [1.29, 1.82) is 0 Å². The Labute approximate surface area is 171 Å². The zero-order chi connectivity index (χ0) is 20.6. The number of piperidine rings is 1. The van der Waals surface area contributed by atoms with Crippen LogP contribution in [0, 0.1) is 5.41 Å². The van der Waals surface area contributed by atoms with Crippen LogP contribution in [-0.2, 0) is 14.3 Å². The van der Waals surface area contributed by atoms with Crippen LogP contribution in [0.1, 0.15) is 58.1 Å². The fourth-order valence-corrected chi connectivity index (χ4v) is 4.34. The van der Waals surface area contributed by atoms with Crippen LogP contribution in [0.15, 0.2) is 12.4 Å². The van der Waals surface area contributed by atoms with Gasteiger partial charge >= 0.3 is 6.09 Å². The lowest BCUT2D eigenvalue weighted by Crippen LogP contribution is -2.43. The smallest absolute Gasteiger partial charge is 0.416 e. The summed E-state index contributed by atoms with van der Waals surface area (Å²) in [7, 11) is 0. The maximum Gasteiger partial charge on any atom is 0.416 e. The number of carbonyl (C=O) groups excluding carboxylic acids is 2. The predicted molar refractivity (Wildman–Crippen MR) is 107 cm³/mol. The third kappa shape index (κ3) is 4.08. The first-order valence-electron chi connectivity index (χ1n) is 10.5. The van der Waals surface area contributed by atoms with Gasteiger partial charge in [-0.05, 0) is 12.8 Å². The molecular formula is C21H30N4O4. The van der Waals surface area contributed by atoms with Crippen molar-refractivity contribution >= 4 is 17.8 Å². The van der Waals surface area contributed by atoms with E-state index in [-0.39, 0.29) is 23.3 Å². The third-order valence-electron chi connectivity index (χ3n) is 6.15. The number of carbonyl (C=O) groups is 2. The maximum absolute atomic E-state index is 12.5. The van der Waals surface area contributed by atoms with Gasteiger partial charge in [-0.2, -0.15) is 0 Å². The maximum atomic E-state index is 12.5. The molecule has 1 aromatic rings. The van der Waals surface area contributed by atoms with Crippen LogP contribution in [0.4, 0.5) is 10.6 Å². The molecule has 0 N–H and O–H groups in total. The van der Waals surface area contributed by atoms with E-state index in [2.05, 4.69) is 9.97 Å². The molecule has 4 rings (SSSR count). The average Bonchev–Trinajstić information content (AvgIpc) is 3.03. The van der Waals surface area contributed by atoms with E-state index in [9.17, 15) is 9.59 Å². The second-order valence-corrected chi connectivity index (χ2v) is 9.37. The Morgan fingerprint density at radius 1 is 1.14 bits per heavy atom. The average molecular weight is 402 g/mol. The van der Waals surface area contributed by atoms with E-state index in [1.807, 2.05) is 25.7 Å². The summed E-state index contributed by atoms with van der Waals surface area (Å²) in [5.74, 6) is 1.02. The van der Waals surface area contributed by atoms with Crippen LogP contribution in [0.3, 0.4) is 0 Å². The zero-order valence-corrected chi connectivity index (χ0v) is 17.5. The predicted octanol–water partition coefficient (Wildman–Crippen LogP) is 2.73. The molecule has 0 unspecified atom stereocenters. The van der Waals surface area contributed by atoms with Gasteiger partial charge in [-0.15, -0.1) is 0 Å². The highest BCUT2D eigenvalue weighted by Gasteiger charge is 2.47. The number of rotatable bonds is 2. The Bertz CT molecular complexity index is 760. The molecule has 3 fully saturated rings. The molecule has 8 nitrogen and oxygen atoms in total. The Hall–Kier alpha value is -2.22. The summed E-state index contributed by atoms with van der Waals surface area (Å²) in [5, 5.41) is 0. The largest absolute Gasteiger partial charge is 0.440 e. The molecule has 3 aliphatic rings. The number of amides is 2. The van der Waals surface area contributed by atoms with Crippen molar-refractivity contribution in [3.05, 3.63) is 18.1 Å². The Kier molecular flexibility index (Phi) is 5.23. The molecular weight excluding hydrogens is 372 g/mol. The topological polar surface area (TPSA) is 84.9 Å². The van der Waals surface area contributed by atoms with Crippen LogP contribution in [0.5, 0.6) is 0 Å². The lowest BCUT2D eigenvalue weighted by Gasteiger charge is -2.35. The van der Waals surface area contributed by atoms with Gasteiger partial charge in [0.15, 0.2) is 5.82 Å². The van der Waals surface area contributed by atoms with Crippen molar-refractivity contribution in [3.8, 4) is 0 Å². The number of ether oxygens (including phenoxy) is 2. The molecule has 2 amide bonds. The standard InChI is InChI=1S/C21H30N4O4/c1-20(2,3)18(26)24-8-4-15(5-9-24)16-12-23-17(13-22-16)25-14-21(29-19(25)27)6-10-28-11-7-21/h12-13,15H,4-11,14H2,1-3H3. The monoisotopic (exact) mass is 402 g/mol. The number of likely N-dealkylation sites (tertiary alicyclic amines) is 1. The Morgan fingerprint density at radius 2 is 1.83 bits per heavy atom. The van der Waals surface area contributed by atoms with Crippen molar-refractivity contribution < 1.29 is 19.1 Å². The molecule has 0 atom stereocenters. The summed E-state index contributed by atoms with van der Waals surface area (Å²) in [5.41, 5.74) is 0.118. The third-order valence-corrected chi connectivity index (χ3v) is 6.15. The van der Waals surface area contributed by atoms with Gasteiger partial charge in [0, 0.05) is 37.3 Å². The van der Waals surface area contributed by atoms with Crippen molar-refractivity contribution in [3.63, 3.8) is 0 Å². The first kappa shape index (κ1) is 20.1. The molecule has 158 valence electrons. The summed E-state index contributed by atoms with van der Waals surface area (Å²) in [6.45, 7) is 9.08. The minimum atomic E-state index is -0.456. The zero-order valence-electron chi connectivity index (χ0n) is 17.5. The van der Waals surface area contributed by atoms with E-state index in [1.54, 1.807) is 17.3 Å². The van der Waals surface area contributed by atoms with Crippen LogP contribution >= 0.6 is 0 Å². The minimum absolute atomic E-state index is 0.201. The second kappa shape index (κ2) is 7.55. The van der Waals surface area contributed by atoms with Gasteiger partial charge in [-0.3, -0.25) is 14.7 Å². The molecule has 29 heavy (non-hydrogen) atoms.